The van der Waals surface area contributed by atoms with Crippen LogP contribution in [0.15, 0.2) is 0 Å². The van der Waals surface area contributed by atoms with E-state index in [9.17, 15) is 9.59 Å². The fourth-order valence-electron chi connectivity index (χ4n) is 2.27. The van der Waals surface area contributed by atoms with Gasteiger partial charge in [0.2, 0.25) is 5.91 Å². The van der Waals surface area contributed by atoms with Crippen molar-refractivity contribution in [3.05, 3.63) is 0 Å². The number of piperidine rings is 1. The largest absolute Gasteiger partial charge is 0.481 e. The van der Waals surface area contributed by atoms with Gasteiger partial charge in [0.15, 0.2) is 0 Å². The van der Waals surface area contributed by atoms with Crippen LogP contribution in [0.4, 0.5) is 0 Å². The first-order chi connectivity index (χ1) is 8.34. The number of rotatable bonds is 4. The van der Waals surface area contributed by atoms with Crippen LogP contribution < -0.4 is 0 Å². The molecule has 0 aliphatic carbocycles. The maximum Gasteiger partial charge on any atom is 0.307 e. The summed E-state index contributed by atoms with van der Waals surface area (Å²) in [5, 5.41) is 9.05. The summed E-state index contributed by atoms with van der Waals surface area (Å²) < 4.78 is 0. The Kier molecular flexibility index (Phi) is 5.14. The highest BCUT2D eigenvalue weighted by molar-refractivity contribution is 5.81. The molecule has 1 N–H and O–H groups in total. The van der Waals surface area contributed by atoms with Crippen LogP contribution in [0.2, 0.25) is 0 Å². The summed E-state index contributed by atoms with van der Waals surface area (Å²) in [7, 11) is 1.79. The predicted molar refractivity (Wildman–Crippen MR) is 69.3 cm³/mol. The Hall–Kier alpha value is -1.10. The number of carboxylic acid groups (broad SMARTS) is 1. The van der Waals surface area contributed by atoms with Crippen molar-refractivity contribution >= 4 is 11.9 Å². The summed E-state index contributed by atoms with van der Waals surface area (Å²) in [5.74, 6) is -1.02. The van der Waals surface area contributed by atoms with Gasteiger partial charge in [-0.1, -0.05) is 0 Å². The normalized spacial score (nSPS) is 22.8. The van der Waals surface area contributed by atoms with Crippen molar-refractivity contribution < 1.29 is 14.7 Å². The number of likely N-dealkylation sites (tertiary alicyclic amines) is 1. The third kappa shape index (κ3) is 3.45. The molecule has 2 unspecified atom stereocenters. The van der Waals surface area contributed by atoms with Gasteiger partial charge in [-0.2, -0.15) is 0 Å². The molecule has 1 fully saturated rings. The van der Waals surface area contributed by atoms with Crippen molar-refractivity contribution in [2.75, 3.05) is 20.1 Å². The van der Waals surface area contributed by atoms with Gasteiger partial charge < -0.3 is 10.0 Å². The van der Waals surface area contributed by atoms with E-state index in [0.29, 0.717) is 13.0 Å². The first-order valence-electron chi connectivity index (χ1n) is 6.58. The van der Waals surface area contributed by atoms with E-state index >= 15 is 0 Å². The molecule has 1 amide bonds. The molecular weight excluding hydrogens is 232 g/mol. The third-order valence-electron chi connectivity index (χ3n) is 3.83. The summed E-state index contributed by atoms with van der Waals surface area (Å²) in [6, 6.07) is -0.0699. The summed E-state index contributed by atoms with van der Waals surface area (Å²) in [4.78, 5) is 26.9. The zero-order valence-electron chi connectivity index (χ0n) is 11.7. The van der Waals surface area contributed by atoms with Gasteiger partial charge >= 0.3 is 5.97 Å². The number of carboxylic acids is 1. The highest BCUT2D eigenvalue weighted by Crippen LogP contribution is 2.19. The number of nitrogens with zero attached hydrogens (tertiary/aromatic N) is 2. The maximum atomic E-state index is 12.2. The Morgan fingerprint density at radius 3 is 2.44 bits per heavy atom. The average Bonchev–Trinajstić information content (AvgIpc) is 2.36. The zero-order chi connectivity index (χ0) is 13.9. The molecule has 0 aromatic heterocycles. The predicted octanol–water partition coefficient (Wildman–Crippen LogP) is 1.04. The first kappa shape index (κ1) is 15.0. The van der Waals surface area contributed by atoms with Gasteiger partial charge in [0, 0.05) is 19.6 Å². The lowest BCUT2D eigenvalue weighted by Gasteiger charge is -2.36. The Bertz CT molecular complexity index is 317. The van der Waals surface area contributed by atoms with Crippen LogP contribution in [0.1, 0.15) is 33.6 Å². The van der Waals surface area contributed by atoms with Crippen LogP contribution in [-0.4, -0.2) is 59.0 Å². The third-order valence-corrected chi connectivity index (χ3v) is 3.83. The van der Waals surface area contributed by atoms with Crippen LogP contribution in [0.3, 0.4) is 0 Å². The van der Waals surface area contributed by atoms with Crippen LogP contribution >= 0.6 is 0 Å². The molecule has 1 heterocycles. The van der Waals surface area contributed by atoms with E-state index in [-0.39, 0.29) is 23.9 Å². The average molecular weight is 256 g/mol. The number of amides is 1. The second-order valence-electron chi connectivity index (χ2n) is 5.39. The van der Waals surface area contributed by atoms with Gasteiger partial charge in [0.25, 0.3) is 0 Å². The molecule has 0 bridgehead atoms. The highest BCUT2D eigenvalue weighted by Gasteiger charge is 2.32. The van der Waals surface area contributed by atoms with Crippen molar-refractivity contribution in [2.24, 2.45) is 5.92 Å². The standard InChI is InChI=1S/C13H24N2O3/c1-9(2)14(4)12(16)10(3)15-7-5-6-11(8-15)13(17)18/h9-11H,5-8H2,1-4H3,(H,17,18). The molecule has 0 radical (unpaired) electrons. The topological polar surface area (TPSA) is 60.9 Å². The minimum atomic E-state index is -0.753. The minimum Gasteiger partial charge on any atom is -0.481 e. The highest BCUT2D eigenvalue weighted by atomic mass is 16.4. The number of carbonyl (C=O) groups is 2. The van der Waals surface area contributed by atoms with E-state index in [4.69, 9.17) is 5.11 Å². The lowest BCUT2D eigenvalue weighted by atomic mass is 9.97. The molecule has 1 saturated heterocycles. The Morgan fingerprint density at radius 1 is 1.33 bits per heavy atom. The summed E-state index contributed by atoms with van der Waals surface area (Å²) >= 11 is 0. The molecule has 0 saturated carbocycles. The molecule has 0 aromatic carbocycles. The van der Waals surface area contributed by atoms with Gasteiger partial charge in [0.1, 0.15) is 0 Å². The van der Waals surface area contributed by atoms with Crippen molar-refractivity contribution in [3.8, 4) is 0 Å². The summed E-state index contributed by atoms with van der Waals surface area (Å²) in [6.45, 7) is 7.10. The van der Waals surface area contributed by atoms with Crippen molar-refractivity contribution in [1.82, 2.24) is 9.80 Å². The number of likely N-dealkylation sites (N-methyl/N-ethyl adjacent to an activating group) is 1. The Labute approximate surface area is 109 Å². The SMILES string of the molecule is CC(C(=O)N(C)C(C)C)N1CCCC(C(=O)O)C1. The van der Waals surface area contributed by atoms with E-state index in [1.807, 2.05) is 25.7 Å². The molecule has 1 aliphatic heterocycles. The summed E-state index contributed by atoms with van der Waals surface area (Å²) in [6.07, 6.45) is 1.56. The zero-order valence-corrected chi connectivity index (χ0v) is 11.7. The molecule has 1 aliphatic rings. The van der Waals surface area contributed by atoms with Gasteiger partial charge in [-0.15, -0.1) is 0 Å². The van der Waals surface area contributed by atoms with Crippen LogP contribution in [0.25, 0.3) is 0 Å². The lowest BCUT2D eigenvalue weighted by Crippen LogP contribution is -2.51. The number of hydrogen-bond donors (Lipinski definition) is 1. The second-order valence-corrected chi connectivity index (χ2v) is 5.39. The fraction of sp³-hybridized carbons (Fsp3) is 0.846. The molecule has 0 aromatic rings. The molecule has 0 spiro atoms. The van der Waals surface area contributed by atoms with E-state index in [1.54, 1.807) is 11.9 Å². The molecular formula is C13H24N2O3. The van der Waals surface area contributed by atoms with Crippen molar-refractivity contribution in [2.45, 2.75) is 45.7 Å². The van der Waals surface area contributed by atoms with Crippen LogP contribution in [0.5, 0.6) is 0 Å². The second kappa shape index (κ2) is 6.18. The van der Waals surface area contributed by atoms with E-state index < -0.39 is 5.97 Å². The first-order valence-corrected chi connectivity index (χ1v) is 6.58. The van der Waals surface area contributed by atoms with Crippen LogP contribution in [0, 0.1) is 5.92 Å². The molecule has 1 rings (SSSR count). The molecule has 18 heavy (non-hydrogen) atoms. The lowest BCUT2D eigenvalue weighted by molar-refractivity contribution is -0.146. The smallest absolute Gasteiger partial charge is 0.307 e. The van der Waals surface area contributed by atoms with Gasteiger partial charge in [-0.05, 0) is 40.2 Å². The van der Waals surface area contributed by atoms with Gasteiger partial charge in [-0.3, -0.25) is 14.5 Å². The van der Waals surface area contributed by atoms with E-state index in [0.717, 1.165) is 13.0 Å². The van der Waals surface area contributed by atoms with Crippen LogP contribution in [-0.2, 0) is 9.59 Å². The monoisotopic (exact) mass is 256 g/mol. The van der Waals surface area contributed by atoms with Gasteiger partial charge in [0.05, 0.1) is 12.0 Å². The van der Waals surface area contributed by atoms with E-state index in [2.05, 4.69) is 0 Å². The molecule has 5 heteroatoms. The molecule has 5 nitrogen and oxygen atoms in total. The Balaban J connectivity index is 2.63. The number of aliphatic carboxylic acids is 1. The van der Waals surface area contributed by atoms with Crippen molar-refractivity contribution in [3.63, 3.8) is 0 Å². The number of carbonyl (C=O) groups excluding carboxylic acids is 1. The van der Waals surface area contributed by atoms with Gasteiger partial charge in [-0.25, -0.2) is 0 Å². The van der Waals surface area contributed by atoms with E-state index in [1.165, 1.54) is 0 Å². The Morgan fingerprint density at radius 2 is 1.94 bits per heavy atom. The molecule has 104 valence electrons. The quantitative estimate of drug-likeness (QED) is 0.816. The molecule has 2 atom stereocenters. The minimum absolute atomic E-state index is 0.0658. The maximum absolute atomic E-state index is 12.2. The summed E-state index contributed by atoms with van der Waals surface area (Å²) in [5.41, 5.74) is 0. The van der Waals surface area contributed by atoms with Crippen molar-refractivity contribution in [1.29, 1.82) is 0 Å². The fourth-order valence-corrected chi connectivity index (χ4v) is 2.27. The number of hydrogen-bond acceptors (Lipinski definition) is 3.